The molecule has 16 heavy (non-hydrogen) atoms. The average molecular weight is 216 g/mol. The number of aromatic amines is 1. The zero-order valence-electron chi connectivity index (χ0n) is 9.82. The number of hydrogen-bond donors (Lipinski definition) is 1. The fourth-order valence-electron chi connectivity index (χ4n) is 1.45. The maximum Gasteiger partial charge on any atom is 0.215 e. The summed E-state index contributed by atoms with van der Waals surface area (Å²) in [5.74, 6) is 1.47. The van der Waals surface area contributed by atoms with E-state index in [1.54, 1.807) is 12.3 Å². The third-order valence-electron chi connectivity index (χ3n) is 2.42. The highest BCUT2D eigenvalue weighted by Gasteiger charge is 2.13. The van der Waals surface area contributed by atoms with Gasteiger partial charge in [-0.15, -0.1) is 0 Å². The second-order valence-corrected chi connectivity index (χ2v) is 4.80. The molecule has 0 aliphatic carbocycles. The number of nitrogens with one attached hydrogen (secondary N) is 1. The summed E-state index contributed by atoms with van der Waals surface area (Å²) in [6.45, 7) is 6.58. The van der Waals surface area contributed by atoms with Gasteiger partial charge in [0.05, 0.1) is 6.20 Å². The molecule has 0 fully saturated rings. The van der Waals surface area contributed by atoms with Gasteiger partial charge in [0.15, 0.2) is 0 Å². The first-order valence-corrected chi connectivity index (χ1v) is 5.33. The molecule has 3 nitrogen and oxygen atoms in total. The molecule has 0 bridgehead atoms. The fraction of sp³-hybridized carbons (Fsp3) is 0.308. The van der Waals surface area contributed by atoms with Crippen molar-refractivity contribution in [1.29, 1.82) is 0 Å². The molecule has 1 aromatic heterocycles. The summed E-state index contributed by atoms with van der Waals surface area (Å²) in [7, 11) is 0. The molecule has 0 unspecified atom stereocenters. The quantitative estimate of drug-likeness (QED) is 0.834. The van der Waals surface area contributed by atoms with Gasteiger partial charge in [-0.1, -0.05) is 32.9 Å². The molecule has 84 valence electrons. The Bertz CT molecular complexity index is 438. The maximum atomic E-state index is 5.57. The van der Waals surface area contributed by atoms with Crippen molar-refractivity contribution in [3.8, 4) is 11.6 Å². The first-order chi connectivity index (χ1) is 7.55. The van der Waals surface area contributed by atoms with Crippen molar-refractivity contribution < 1.29 is 4.74 Å². The van der Waals surface area contributed by atoms with Crippen molar-refractivity contribution in [2.45, 2.75) is 26.2 Å². The van der Waals surface area contributed by atoms with E-state index >= 15 is 0 Å². The fourth-order valence-corrected chi connectivity index (χ4v) is 1.45. The maximum absolute atomic E-state index is 5.57. The van der Waals surface area contributed by atoms with Crippen molar-refractivity contribution in [3.05, 3.63) is 42.1 Å². The summed E-state index contributed by atoms with van der Waals surface area (Å²) in [5, 5.41) is 6.58. The third-order valence-corrected chi connectivity index (χ3v) is 2.42. The van der Waals surface area contributed by atoms with E-state index in [0.29, 0.717) is 5.88 Å². The highest BCUT2D eigenvalue weighted by Crippen LogP contribution is 2.25. The molecule has 0 radical (unpaired) electrons. The minimum atomic E-state index is 0.173. The Morgan fingerprint density at radius 2 is 1.75 bits per heavy atom. The van der Waals surface area contributed by atoms with Crippen LogP contribution in [0.3, 0.4) is 0 Å². The zero-order chi connectivity index (χ0) is 11.6. The molecule has 0 atom stereocenters. The van der Waals surface area contributed by atoms with E-state index in [-0.39, 0.29) is 5.41 Å². The van der Waals surface area contributed by atoms with Crippen LogP contribution in [0, 0.1) is 0 Å². The summed E-state index contributed by atoms with van der Waals surface area (Å²) in [6, 6.07) is 9.91. The van der Waals surface area contributed by atoms with Gasteiger partial charge in [-0.3, -0.25) is 0 Å². The van der Waals surface area contributed by atoms with Crippen molar-refractivity contribution in [1.82, 2.24) is 10.2 Å². The van der Waals surface area contributed by atoms with Crippen LogP contribution in [0.25, 0.3) is 0 Å². The van der Waals surface area contributed by atoms with Crippen LogP contribution in [0.15, 0.2) is 36.5 Å². The SMILES string of the molecule is CC(C)(C)c1ccc(Oc2ccn[nH]2)cc1. The Morgan fingerprint density at radius 1 is 1.06 bits per heavy atom. The standard InChI is InChI=1S/C13H16N2O/c1-13(2,3)10-4-6-11(7-5-10)16-12-8-9-14-15-12/h4-9H,1-3H3,(H,14,15). The molecule has 0 amide bonds. The summed E-state index contributed by atoms with van der Waals surface area (Å²) < 4.78 is 5.57. The molecule has 0 saturated heterocycles. The van der Waals surface area contributed by atoms with Crippen LogP contribution < -0.4 is 4.74 Å². The molecular weight excluding hydrogens is 200 g/mol. The Kier molecular flexibility index (Phi) is 2.69. The third kappa shape index (κ3) is 2.42. The van der Waals surface area contributed by atoms with Crippen molar-refractivity contribution in [2.75, 3.05) is 0 Å². The molecule has 0 aliphatic heterocycles. The van der Waals surface area contributed by atoms with Crippen LogP contribution in [0.4, 0.5) is 0 Å². The number of benzene rings is 1. The lowest BCUT2D eigenvalue weighted by atomic mass is 9.87. The number of ether oxygens (including phenoxy) is 1. The van der Waals surface area contributed by atoms with Gasteiger partial charge < -0.3 is 4.74 Å². The van der Waals surface area contributed by atoms with Crippen LogP contribution in [-0.4, -0.2) is 10.2 Å². The number of aromatic nitrogens is 2. The van der Waals surface area contributed by atoms with Gasteiger partial charge in [-0.2, -0.15) is 5.10 Å². The summed E-state index contributed by atoms with van der Waals surface area (Å²) in [4.78, 5) is 0. The average Bonchev–Trinajstić information content (AvgIpc) is 2.70. The van der Waals surface area contributed by atoms with Gasteiger partial charge in [0.2, 0.25) is 5.88 Å². The monoisotopic (exact) mass is 216 g/mol. The van der Waals surface area contributed by atoms with Gasteiger partial charge in [0, 0.05) is 6.07 Å². The lowest BCUT2D eigenvalue weighted by Crippen LogP contribution is -2.10. The molecular formula is C13H16N2O. The predicted molar refractivity (Wildman–Crippen MR) is 63.8 cm³/mol. The summed E-state index contributed by atoms with van der Waals surface area (Å²) in [5.41, 5.74) is 1.47. The molecule has 2 rings (SSSR count). The van der Waals surface area contributed by atoms with Crippen molar-refractivity contribution in [2.24, 2.45) is 0 Å². The zero-order valence-corrected chi connectivity index (χ0v) is 9.82. The number of hydrogen-bond acceptors (Lipinski definition) is 2. The summed E-state index contributed by atoms with van der Waals surface area (Å²) >= 11 is 0. The van der Waals surface area contributed by atoms with Gasteiger partial charge in [-0.05, 0) is 23.1 Å². The first kappa shape index (κ1) is 10.7. The van der Waals surface area contributed by atoms with E-state index in [0.717, 1.165) is 5.75 Å². The Labute approximate surface area is 95.5 Å². The van der Waals surface area contributed by atoms with E-state index in [9.17, 15) is 0 Å². The largest absolute Gasteiger partial charge is 0.440 e. The predicted octanol–water partition coefficient (Wildman–Crippen LogP) is 3.50. The van der Waals surface area contributed by atoms with Gasteiger partial charge in [-0.25, -0.2) is 5.10 Å². The topological polar surface area (TPSA) is 37.9 Å². The number of nitrogens with zero attached hydrogens (tertiary/aromatic N) is 1. The molecule has 3 heteroatoms. The highest BCUT2D eigenvalue weighted by atomic mass is 16.5. The Balaban J connectivity index is 2.14. The van der Waals surface area contributed by atoms with Gasteiger partial charge in [0.25, 0.3) is 0 Å². The minimum absolute atomic E-state index is 0.173. The molecule has 0 spiro atoms. The van der Waals surface area contributed by atoms with Gasteiger partial charge in [0.1, 0.15) is 5.75 Å². The van der Waals surface area contributed by atoms with E-state index in [1.165, 1.54) is 5.56 Å². The molecule has 1 heterocycles. The van der Waals surface area contributed by atoms with Crippen molar-refractivity contribution >= 4 is 0 Å². The molecule has 1 N–H and O–H groups in total. The highest BCUT2D eigenvalue weighted by molar-refractivity contribution is 5.33. The minimum Gasteiger partial charge on any atom is -0.440 e. The van der Waals surface area contributed by atoms with Crippen molar-refractivity contribution in [3.63, 3.8) is 0 Å². The summed E-state index contributed by atoms with van der Waals surface area (Å²) in [6.07, 6.45) is 1.67. The normalized spacial score (nSPS) is 11.4. The molecule has 2 aromatic rings. The van der Waals surface area contributed by atoms with Gasteiger partial charge >= 0.3 is 0 Å². The second-order valence-electron chi connectivity index (χ2n) is 4.80. The van der Waals surface area contributed by atoms with E-state index in [4.69, 9.17) is 4.74 Å². The molecule has 1 aromatic carbocycles. The van der Waals surface area contributed by atoms with Crippen LogP contribution in [0.1, 0.15) is 26.3 Å². The van der Waals surface area contributed by atoms with E-state index in [1.807, 2.05) is 12.1 Å². The Morgan fingerprint density at radius 3 is 2.25 bits per heavy atom. The smallest absolute Gasteiger partial charge is 0.215 e. The molecule has 0 aliphatic rings. The van der Waals surface area contributed by atoms with E-state index < -0.39 is 0 Å². The number of H-pyrrole nitrogens is 1. The molecule has 0 saturated carbocycles. The Hall–Kier alpha value is -1.77. The van der Waals surface area contributed by atoms with Crippen LogP contribution in [0.5, 0.6) is 11.6 Å². The first-order valence-electron chi connectivity index (χ1n) is 5.33. The van der Waals surface area contributed by atoms with Crippen LogP contribution in [-0.2, 0) is 5.41 Å². The van der Waals surface area contributed by atoms with Crippen LogP contribution >= 0.6 is 0 Å². The second kappa shape index (κ2) is 4.00. The number of rotatable bonds is 2. The van der Waals surface area contributed by atoms with E-state index in [2.05, 4.69) is 43.1 Å². The lowest BCUT2D eigenvalue weighted by Gasteiger charge is -2.18. The lowest BCUT2D eigenvalue weighted by molar-refractivity contribution is 0.460. The van der Waals surface area contributed by atoms with Crippen LogP contribution in [0.2, 0.25) is 0 Å².